The zero-order valence-corrected chi connectivity index (χ0v) is 14.8. The number of hydrogen-bond acceptors (Lipinski definition) is 5. The highest BCUT2D eigenvalue weighted by Gasteiger charge is 2.20. The lowest BCUT2D eigenvalue weighted by molar-refractivity contribution is -0.122. The number of hydrogen-bond donors (Lipinski definition) is 1. The molecule has 2 atom stereocenters. The fraction of sp³-hybridized carbons (Fsp3) is 0.526. The molecule has 1 heterocycles. The molecule has 1 aromatic heterocycles. The third kappa shape index (κ3) is 4.81. The summed E-state index contributed by atoms with van der Waals surface area (Å²) in [6.45, 7) is 2.25. The highest BCUT2D eigenvalue weighted by atomic mass is 16.5. The van der Waals surface area contributed by atoms with Gasteiger partial charge in [0.25, 0.3) is 0 Å². The Hall–Kier alpha value is -2.37. The molecule has 0 bridgehead atoms. The molecule has 0 unspecified atom stereocenters. The quantitative estimate of drug-likeness (QED) is 0.870. The number of nitrogens with zero attached hydrogens (tertiary/aromatic N) is 2. The molecule has 134 valence electrons. The van der Waals surface area contributed by atoms with E-state index >= 15 is 0 Å². The predicted octanol–water partition coefficient (Wildman–Crippen LogP) is 3.37. The van der Waals surface area contributed by atoms with Crippen LogP contribution in [0.25, 0.3) is 11.4 Å². The Morgan fingerprint density at radius 2 is 2.12 bits per heavy atom. The van der Waals surface area contributed by atoms with E-state index in [1.807, 2.05) is 24.3 Å². The highest BCUT2D eigenvalue weighted by molar-refractivity contribution is 5.76. The van der Waals surface area contributed by atoms with Crippen molar-refractivity contribution in [1.82, 2.24) is 15.5 Å². The summed E-state index contributed by atoms with van der Waals surface area (Å²) in [5.74, 6) is 2.55. The molecule has 1 aliphatic rings. The number of methoxy groups -OCH3 is 1. The van der Waals surface area contributed by atoms with Crippen LogP contribution in [0, 0.1) is 5.92 Å². The van der Waals surface area contributed by atoms with E-state index in [1.165, 1.54) is 12.8 Å². The number of benzene rings is 1. The van der Waals surface area contributed by atoms with Crippen molar-refractivity contribution in [2.24, 2.45) is 5.92 Å². The SMILES string of the molecule is COc1ccc(-c2noc(CCC(=O)N[C@@H]3CCC[C@@H](C)C3)n2)cc1. The van der Waals surface area contributed by atoms with E-state index in [0.717, 1.165) is 24.2 Å². The summed E-state index contributed by atoms with van der Waals surface area (Å²) < 4.78 is 10.4. The van der Waals surface area contributed by atoms with Gasteiger partial charge in [0, 0.05) is 24.4 Å². The highest BCUT2D eigenvalue weighted by Crippen LogP contribution is 2.23. The minimum Gasteiger partial charge on any atom is -0.497 e. The summed E-state index contributed by atoms with van der Waals surface area (Å²) in [7, 11) is 1.63. The van der Waals surface area contributed by atoms with Crippen LogP contribution in [-0.2, 0) is 11.2 Å². The van der Waals surface area contributed by atoms with Gasteiger partial charge in [-0.05, 0) is 43.0 Å². The molecule has 1 saturated carbocycles. The van der Waals surface area contributed by atoms with Crippen molar-refractivity contribution in [1.29, 1.82) is 0 Å². The maximum Gasteiger partial charge on any atom is 0.227 e. The maximum atomic E-state index is 12.1. The van der Waals surface area contributed by atoms with Crippen LogP contribution in [0.4, 0.5) is 0 Å². The smallest absolute Gasteiger partial charge is 0.227 e. The topological polar surface area (TPSA) is 77.2 Å². The monoisotopic (exact) mass is 343 g/mol. The first-order valence-electron chi connectivity index (χ1n) is 8.90. The van der Waals surface area contributed by atoms with Crippen molar-refractivity contribution in [2.75, 3.05) is 7.11 Å². The van der Waals surface area contributed by atoms with Gasteiger partial charge in [-0.15, -0.1) is 0 Å². The van der Waals surface area contributed by atoms with Crippen LogP contribution in [0.3, 0.4) is 0 Å². The van der Waals surface area contributed by atoms with Gasteiger partial charge >= 0.3 is 0 Å². The Kier molecular flexibility index (Phi) is 5.68. The molecule has 0 saturated heterocycles. The Balaban J connectivity index is 1.50. The summed E-state index contributed by atoms with van der Waals surface area (Å²) in [5.41, 5.74) is 0.858. The number of ether oxygens (including phenoxy) is 1. The van der Waals surface area contributed by atoms with Crippen LogP contribution in [0.1, 0.15) is 44.9 Å². The van der Waals surface area contributed by atoms with Crippen LogP contribution in [0.15, 0.2) is 28.8 Å². The first kappa shape index (κ1) is 17.5. The van der Waals surface area contributed by atoms with Gasteiger partial charge in [0.1, 0.15) is 5.75 Å². The van der Waals surface area contributed by atoms with E-state index in [1.54, 1.807) is 7.11 Å². The van der Waals surface area contributed by atoms with Gasteiger partial charge in [-0.25, -0.2) is 0 Å². The van der Waals surface area contributed by atoms with Crippen molar-refractivity contribution in [3.63, 3.8) is 0 Å². The number of aromatic nitrogens is 2. The van der Waals surface area contributed by atoms with E-state index in [4.69, 9.17) is 9.26 Å². The molecule has 1 aromatic carbocycles. The lowest BCUT2D eigenvalue weighted by atomic mass is 9.87. The molecule has 3 rings (SSSR count). The summed E-state index contributed by atoms with van der Waals surface area (Å²) in [6.07, 6.45) is 5.45. The number of carbonyl (C=O) groups excluding carboxylic acids is 1. The molecule has 2 aromatic rings. The van der Waals surface area contributed by atoms with Crippen molar-refractivity contribution in [2.45, 2.75) is 51.5 Å². The third-order valence-electron chi connectivity index (χ3n) is 4.68. The first-order valence-corrected chi connectivity index (χ1v) is 8.90. The molecule has 6 heteroatoms. The van der Waals surface area contributed by atoms with E-state index in [0.29, 0.717) is 36.5 Å². The molecule has 25 heavy (non-hydrogen) atoms. The maximum absolute atomic E-state index is 12.1. The number of carbonyl (C=O) groups is 1. The number of aryl methyl sites for hydroxylation is 1. The van der Waals surface area contributed by atoms with E-state index in [9.17, 15) is 4.79 Å². The largest absolute Gasteiger partial charge is 0.497 e. The minimum atomic E-state index is 0.0586. The van der Waals surface area contributed by atoms with Gasteiger partial charge in [0.2, 0.25) is 17.6 Å². The van der Waals surface area contributed by atoms with Gasteiger partial charge in [0.15, 0.2) is 0 Å². The van der Waals surface area contributed by atoms with Gasteiger partial charge in [-0.2, -0.15) is 4.98 Å². The van der Waals surface area contributed by atoms with Crippen LogP contribution < -0.4 is 10.1 Å². The number of nitrogens with one attached hydrogen (secondary N) is 1. The Morgan fingerprint density at radius 1 is 1.32 bits per heavy atom. The number of amides is 1. The second kappa shape index (κ2) is 8.14. The van der Waals surface area contributed by atoms with Crippen LogP contribution in [0.2, 0.25) is 0 Å². The molecule has 1 aliphatic carbocycles. The zero-order valence-electron chi connectivity index (χ0n) is 14.8. The van der Waals surface area contributed by atoms with Crippen LogP contribution in [0.5, 0.6) is 5.75 Å². The van der Waals surface area contributed by atoms with Crippen LogP contribution in [-0.4, -0.2) is 29.2 Å². The van der Waals surface area contributed by atoms with Gasteiger partial charge in [-0.1, -0.05) is 24.9 Å². The Bertz CT molecular complexity index is 696. The van der Waals surface area contributed by atoms with Crippen LogP contribution >= 0.6 is 0 Å². The second-order valence-corrected chi connectivity index (χ2v) is 6.78. The molecule has 1 fully saturated rings. The first-order chi connectivity index (χ1) is 12.1. The van der Waals surface area contributed by atoms with Gasteiger partial charge in [-0.3, -0.25) is 4.79 Å². The normalized spacial score (nSPS) is 20.2. The zero-order chi connectivity index (χ0) is 17.6. The number of rotatable bonds is 6. The third-order valence-corrected chi connectivity index (χ3v) is 4.68. The van der Waals surface area contributed by atoms with Crippen molar-refractivity contribution in [3.8, 4) is 17.1 Å². The lowest BCUT2D eigenvalue weighted by Gasteiger charge is -2.27. The average molecular weight is 343 g/mol. The van der Waals surface area contributed by atoms with Gasteiger partial charge in [0.05, 0.1) is 7.11 Å². The standard InChI is InChI=1S/C19H25N3O3/c1-13-4-3-5-15(12-13)20-17(23)10-11-18-21-19(22-25-18)14-6-8-16(24-2)9-7-14/h6-9,13,15H,3-5,10-12H2,1-2H3,(H,20,23)/t13-,15-/m1/s1. The molecule has 6 nitrogen and oxygen atoms in total. The minimum absolute atomic E-state index is 0.0586. The van der Waals surface area contributed by atoms with E-state index in [2.05, 4.69) is 22.4 Å². The van der Waals surface area contributed by atoms with Crippen molar-refractivity contribution < 1.29 is 14.1 Å². The fourth-order valence-electron chi connectivity index (χ4n) is 3.30. The molecule has 0 aliphatic heterocycles. The fourth-order valence-corrected chi connectivity index (χ4v) is 3.30. The Morgan fingerprint density at radius 3 is 2.84 bits per heavy atom. The summed E-state index contributed by atoms with van der Waals surface area (Å²) >= 11 is 0. The lowest BCUT2D eigenvalue weighted by Crippen LogP contribution is -2.38. The molecule has 1 N–H and O–H groups in total. The summed E-state index contributed by atoms with van der Waals surface area (Å²) in [5, 5.41) is 7.11. The molecule has 0 radical (unpaired) electrons. The van der Waals surface area contributed by atoms with Crippen molar-refractivity contribution in [3.05, 3.63) is 30.2 Å². The van der Waals surface area contributed by atoms with E-state index in [-0.39, 0.29) is 5.91 Å². The second-order valence-electron chi connectivity index (χ2n) is 6.78. The average Bonchev–Trinajstić information content (AvgIpc) is 3.09. The molecule has 1 amide bonds. The predicted molar refractivity (Wildman–Crippen MR) is 94.2 cm³/mol. The van der Waals surface area contributed by atoms with E-state index < -0.39 is 0 Å². The molecular formula is C19H25N3O3. The van der Waals surface area contributed by atoms with Crippen molar-refractivity contribution >= 4 is 5.91 Å². The molecule has 0 spiro atoms. The summed E-state index contributed by atoms with van der Waals surface area (Å²) in [4.78, 5) is 16.5. The summed E-state index contributed by atoms with van der Waals surface area (Å²) in [6, 6.07) is 7.77. The molecular weight excluding hydrogens is 318 g/mol. The van der Waals surface area contributed by atoms with Gasteiger partial charge < -0.3 is 14.6 Å². The Labute approximate surface area is 148 Å².